The van der Waals surface area contributed by atoms with Gasteiger partial charge >= 0.3 is 5.97 Å². The van der Waals surface area contributed by atoms with E-state index in [1.54, 1.807) is 6.07 Å². The highest BCUT2D eigenvalue weighted by Crippen LogP contribution is 2.23. The monoisotopic (exact) mass is 350 g/mol. The summed E-state index contributed by atoms with van der Waals surface area (Å²) in [7, 11) is 0. The molecule has 0 aliphatic heterocycles. The summed E-state index contributed by atoms with van der Waals surface area (Å²) in [5, 5.41) is 4.59. The molecule has 27 heavy (non-hydrogen) atoms. The van der Waals surface area contributed by atoms with Crippen LogP contribution in [0, 0.1) is 0 Å². The molecule has 0 fully saturated rings. The van der Waals surface area contributed by atoms with Crippen molar-refractivity contribution in [3.05, 3.63) is 103 Å². The van der Waals surface area contributed by atoms with E-state index < -0.39 is 5.97 Å². The normalized spacial score (nSPS) is 11.1. The third kappa shape index (κ3) is 3.80. The van der Waals surface area contributed by atoms with Gasteiger partial charge in [0.1, 0.15) is 5.75 Å². The molecule has 0 saturated heterocycles. The quantitative estimate of drug-likeness (QED) is 0.188. The van der Waals surface area contributed by atoms with Crippen LogP contribution < -0.4 is 4.74 Å². The molecule has 0 atom stereocenters. The minimum Gasteiger partial charge on any atom is -0.423 e. The van der Waals surface area contributed by atoms with Crippen molar-refractivity contribution in [1.82, 2.24) is 0 Å². The first kappa shape index (κ1) is 16.8. The average molecular weight is 350 g/mol. The van der Waals surface area contributed by atoms with Gasteiger partial charge in [0, 0.05) is 6.08 Å². The average Bonchev–Trinajstić information content (AvgIpc) is 2.72. The molecule has 0 bridgehead atoms. The van der Waals surface area contributed by atoms with Crippen molar-refractivity contribution >= 4 is 39.7 Å². The molecule has 0 unspecified atom stereocenters. The number of carbonyl (C=O) groups excluding carboxylic acids is 1. The van der Waals surface area contributed by atoms with Crippen molar-refractivity contribution in [1.29, 1.82) is 0 Å². The Labute approximate surface area is 158 Å². The van der Waals surface area contributed by atoms with Gasteiger partial charge in [0.15, 0.2) is 0 Å². The van der Waals surface area contributed by atoms with Crippen LogP contribution in [0.3, 0.4) is 0 Å². The predicted molar refractivity (Wildman–Crippen MR) is 113 cm³/mol. The van der Waals surface area contributed by atoms with E-state index in [-0.39, 0.29) is 0 Å². The lowest BCUT2D eigenvalue weighted by Gasteiger charge is -2.04. The van der Waals surface area contributed by atoms with E-state index in [1.807, 2.05) is 18.2 Å². The summed E-state index contributed by atoms with van der Waals surface area (Å²) in [6.07, 6.45) is 5.38. The van der Waals surface area contributed by atoms with Crippen LogP contribution in [0.2, 0.25) is 0 Å². The Morgan fingerprint density at radius 3 is 1.96 bits per heavy atom. The Kier molecular flexibility index (Phi) is 4.54. The van der Waals surface area contributed by atoms with Crippen molar-refractivity contribution < 1.29 is 9.53 Å². The summed E-state index contributed by atoms with van der Waals surface area (Å²) < 4.78 is 5.17. The van der Waals surface area contributed by atoms with Gasteiger partial charge in [-0.05, 0) is 56.9 Å². The third-order valence-corrected chi connectivity index (χ3v) is 4.46. The van der Waals surface area contributed by atoms with Crippen LogP contribution in [-0.4, -0.2) is 5.97 Å². The molecule has 130 valence electrons. The summed E-state index contributed by atoms with van der Waals surface area (Å²) in [5.74, 6) is 0.0659. The molecule has 0 amide bonds. The van der Waals surface area contributed by atoms with Crippen molar-refractivity contribution in [2.45, 2.75) is 0 Å². The highest BCUT2D eigenvalue weighted by Gasteiger charge is 2.02. The minimum atomic E-state index is -0.454. The summed E-state index contributed by atoms with van der Waals surface area (Å²) >= 11 is 0. The van der Waals surface area contributed by atoms with Crippen molar-refractivity contribution in [3.63, 3.8) is 0 Å². The topological polar surface area (TPSA) is 26.3 Å². The molecule has 0 aliphatic rings. The lowest BCUT2D eigenvalue weighted by atomic mass is 10.0. The van der Waals surface area contributed by atoms with Gasteiger partial charge < -0.3 is 4.74 Å². The number of benzene rings is 4. The zero-order chi connectivity index (χ0) is 18.6. The highest BCUT2D eigenvalue weighted by atomic mass is 16.5. The molecule has 0 spiro atoms. The van der Waals surface area contributed by atoms with Gasteiger partial charge in [-0.25, -0.2) is 4.79 Å². The van der Waals surface area contributed by atoms with Crippen LogP contribution in [0.5, 0.6) is 5.75 Å². The number of hydrogen-bond acceptors (Lipinski definition) is 2. The van der Waals surface area contributed by atoms with Crippen LogP contribution in [0.15, 0.2) is 91.5 Å². The van der Waals surface area contributed by atoms with Gasteiger partial charge in [0.2, 0.25) is 0 Å². The fourth-order valence-electron chi connectivity index (χ4n) is 3.07. The molecule has 2 nitrogen and oxygen atoms in total. The van der Waals surface area contributed by atoms with E-state index >= 15 is 0 Å². The van der Waals surface area contributed by atoms with Crippen molar-refractivity contribution in [2.75, 3.05) is 0 Å². The first-order chi connectivity index (χ1) is 13.2. The second kappa shape index (κ2) is 7.30. The lowest BCUT2D eigenvalue weighted by molar-refractivity contribution is -0.128. The Morgan fingerprint density at radius 2 is 1.26 bits per heavy atom. The molecule has 0 radical (unpaired) electrons. The van der Waals surface area contributed by atoms with Crippen molar-refractivity contribution in [2.24, 2.45) is 0 Å². The molecule has 4 rings (SSSR count). The summed E-state index contributed by atoms with van der Waals surface area (Å²) in [4.78, 5) is 11.3. The van der Waals surface area contributed by atoms with E-state index in [4.69, 9.17) is 4.74 Å². The molecule has 0 N–H and O–H groups in total. The molecular weight excluding hydrogens is 332 g/mol. The molecule has 2 heteroatoms. The van der Waals surface area contributed by atoms with Crippen LogP contribution in [0.4, 0.5) is 0 Å². The molecule has 0 saturated carbocycles. The number of hydrogen-bond donors (Lipinski definition) is 0. The summed E-state index contributed by atoms with van der Waals surface area (Å²) in [6, 6.07) is 26.6. The van der Waals surface area contributed by atoms with E-state index in [1.165, 1.54) is 16.3 Å². The standard InChI is InChI=1S/C25H18O2/c1-2-25(26)27-24-14-13-22-16-19(10-12-23(22)17-24)8-7-18-9-11-20-5-3-4-6-21(20)15-18/h2-17H,1H2/b8-7-. The van der Waals surface area contributed by atoms with Gasteiger partial charge in [-0.3, -0.25) is 0 Å². The number of rotatable bonds is 4. The van der Waals surface area contributed by atoms with E-state index in [0.717, 1.165) is 22.4 Å². The largest absolute Gasteiger partial charge is 0.423 e. The fourth-order valence-corrected chi connectivity index (χ4v) is 3.07. The van der Waals surface area contributed by atoms with Gasteiger partial charge in [-0.1, -0.05) is 73.3 Å². The van der Waals surface area contributed by atoms with Crippen LogP contribution >= 0.6 is 0 Å². The molecular formula is C25H18O2. The second-order valence-electron chi connectivity index (χ2n) is 6.33. The third-order valence-electron chi connectivity index (χ3n) is 4.46. The van der Waals surface area contributed by atoms with Gasteiger partial charge in [-0.2, -0.15) is 0 Å². The number of esters is 1. The first-order valence-electron chi connectivity index (χ1n) is 8.76. The maximum absolute atomic E-state index is 11.3. The fraction of sp³-hybridized carbons (Fsp3) is 0. The maximum Gasteiger partial charge on any atom is 0.335 e. The molecule has 4 aromatic carbocycles. The van der Waals surface area contributed by atoms with Gasteiger partial charge in [0.25, 0.3) is 0 Å². The zero-order valence-corrected chi connectivity index (χ0v) is 14.8. The van der Waals surface area contributed by atoms with Gasteiger partial charge in [-0.15, -0.1) is 0 Å². The van der Waals surface area contributed by atoms with E-state index in [9.17, 15) is 4.79 Å². The zero-order valence-electron chi connectivity index (χ0n) is 14.8. The molecule has 4 aromatic rings. The maximum atomic E-state index is 11.3. The Balaban J connectivity index is 1.59. The Bertz CT molecular complexity index is 1190. The second-order valence-corrected chi connectivity index (χ2v) is 6.33. The predicted octanol–water partition coefficient (Wildman–Crippen LogP) is 6.25. The SMILES string of the molecule is C=CC(=O)Oc1ccc2cc(/C=C\c3ccc4ccccc4c3)ccc2c1. The Hall–Kier alpha value is -3.65. The molecule has 0 aromatic heterocycles. The molecule has 0 heterocycles. The smallest absolute Gasteiger partial charge is 0.335 e. The number of carbonyl (C=O) groups is 1. The summed E-state index contributed by atoms with van der Waals surface area (Å²) in [6.45, 7) is 3.41. The van der Waals surface area contributed by atoms with E-state index in [0.29, 0.717) is 5.75 Å². The Morgan fingerprint density at radius 1 is 0.704 bits per heavy atom. The lowest BCUT2D eigenvalue weighted by Crippen LogP contribution is -2.02. The minimum absolute atomic E-state index is 0.454. The van der Waals surface area contributed by atoms with Crippen LogP contribution in [-0.2, 0) is 4.79 Å². The van der Waals surface area contributed by atoms with Gasteiger partial charge in [0.05, 0.1) is 0 Å². The first-order valence-corrected chi connectivity index (χ1v) is 8.76. The number of fused-ring (bicyclic) bond motifs is 2. The molecule has 0 aliphatic carbocycles. The van der Waals surface area contributed by atoms with Crippen LogP contribution in [0.1, 0.15) is 11.1 Å². The number of ether oxygens (including phenoxy) is 1. The van der Waals surface area contributed by atoms with Crippen LogP contribution in [0.25, 0.3) is 33.7 Å². The highest BCUT2D eigenvalue weighted by molar-refractivity contribution is 5.90. The van der Waals surface area contributed by atoms with Crippen molar-refractivity contribution in [3.8, 4) is 5.75 Å². The summed E-state index contributed by atoms with van der Waals surface area (Å²) in [5.41, 5.74) is 2.28. The van der Waals surface area contributed by atoms with E-state index in [2.05, 4.69) is 73.3 Å².